The number of carbonyl (C=O) groups excluding carboxylic acids is 3. The highest BCUT2D eigenvalue weighted by molar-refractivity contribution is 7.89. The number of anilines is 1. The number of nitrogens with zero attached hydrogens (tertiary/aromatic N) is 3. The average molecular weight is 456 g/mol. The Morgan fingerprint density at radius 3 is 2.06 bits per heavy atom. The van der Waals surface area contributed by atoms with Gasteiger partial charge in [0.2, 0.25) is 15.9 Å². The van der Waals surface area contributed by atoms with Crippen molar-refractivity contribution in [1.29, 1.82) is 0 Å². The molecule has 2 aliphatic heterocycles. The van der Waals surface area contributed by atoms with Gasteiger partial charge in [0.05, 0.1) is 23.0 Å². The second-order valence-corrected chi connectivity index (χ2v) is 10.1. The van der Waals surface area contributed by atoms with E-state index in [2.05, 4.69) is 0 Å². The molecule has 2 aliphatic rings. The van der Waals surface area contributed by atoms with Crippen LogP contribution in [-0.2, 0) is 19.6 Å². The summed E-state index contributed by atoms with van der Waals surface area (Å²) in [6, 6.07) is 12.5. The lowest BCUT2D eigenvalue weighted by atomic mass is 10.1. The minimum Gasteiger partial charge on any atom is -0.295 e. The monoisotopic (exact) mass is 455 g/mol. The predicted molar refractivity (Wildman–Crippen MR) is 119 cm³/mol. The zero-order valence-corrected chi connectivity index (χ0v) is 18.8. The minimum atomic E-state index is -3.60. The maximum atomic E-state index is 13.0. The number of ketones is 1. The standard InChI is InChI=1S/C23H25N3O5S/c1-16-3-9-20(10-4-16)32(30,31)25-13-11-24(12-14-25)21-15-22(28)26(23(21)29)19-7-5-18(6-8-19)17(2)27/h3-10,21H,11-15H2,1-2H3. The maximum absolute atomic E-state index is 13.0. The Balaban J connectivity index is 1.44. The van der Waals surface area contributed by atoms with Crippen LogP contribution in [0.3, 0.4) is 0 Å². The SMILES string of the molecule is CC(=O)c1ccc(N2C(=O)CC(N3CCN(S(=O)(=O)c4ccc(C)cc4)CC3)C2=O)cc1. The molecule has 0 aromatic heterocycles. The van der Waals surface area contributed by atoms with E-state index >= 15 is 0 Å². The number of benzene rings is 2. The Morgan fingerprint density at radius 2 is 1.50 bits per heavy atom. The zero-order valence-electron chi connectivity index (χ0n) is 18.0. The first-order chi connectivity index (χ1) is 15.2. The molecule has 0 radical (unpaired) electrons. The van der Waals surface area contributed by atoms with E-state index < -0.39 is 16.1 Å². The Morgan fingerprint density at radius 1 is 0.906 bits per heavy atom. The molecule has 0 aliphatic carbocycles. The third-order valence-corrected chi connectivity index (χ3v) is 7.94. The Labute approximate surface area is 187 Å². The van der Waals surface area contributed by atoms with Crippen LogP contribution in [0.5, 0.6) is 0 Å². The van der Waals surface area contributed by atoms with Crippen LogP contribution in [0.1, 0.15) is 29.3 Å². The smallest absolute Gasteiger partial charge is 0.251 e. The van der Waals surface area contributed by atoms with Crippen molar-refractivity contribution in [3.63, 3.8) is 0 Å². The van der Waals surface area contributed by atoms with E-state index in [1.807, 2.05) is 11.8 Å². The largest absolute Gasteiger partial charge is 0.295 e. The van der Waals surface area contributed by atoms with Crippen molar-refractivity contribution >= 4 is 33.3 Å². The number of hydrogen-bond acceptors (Lipinski definition) is 6. The molecule has 2 aromatic rings. The van der Waals surface area contributed by atoms with Crippen LogP contribution >= 0.6 is 0 Å². The van der Waals surface area contributed by atoms with Crippen molar-refractivity contribution in [1.82, 2.24) is 9.21 Å². The van der Waals surface area contributed by atoms with Crippen LogP contribution < -0.4 is 4.90 Å². The van der Waals surface area contributed by atoms with E-state index in [1.165, 1.54) is 11.2 Å². The highest BCUT2D eigenvalue weighted by atomic mass is 32.2. The summed E-state index contributed by atoms with van der Waals surface area (Å²) >= 11 is 0. The van der Waals surface area contributed by atoms with Gasteiger partial charge in [-0.15, -0.1) is 0 Å². The summed E-state index contributed by atoms with van der Waals surface area (Å²) in [6.45, 7) is 4.59. The van der Waals surface area contributed by atoms with Gasteiger partial charge in [-0.2, -0.15) is 4.31 Å². The second-order valence-electron chi connectivity index (χ2n) is 8.14. The molecule has 8 nitrogen and oxygen atoms in total. The molecular formula is C23H25N3O5S. The highest BCUT2D eigenvalue weighted by Crippen LogP contribution is 2.27. The van der Waals surface area contributed by atoms with Gasteiger partial charge in [-0.25, -0.2) is 13.3 Å². The molecule has 0 spiro atoms. The van der Waals surface area contributed by atoms with Gasteiger partial charge in [-0.1, -0.05) is 17.7 Å². The minimum absolute atomic E-state index is 0.0536. The van der Waals surface area contributed by atoms with E-state index in [4.69, 9.17) is 0 Å². The number of aryl methyl sites for hydroxylation is 1. The molecular weight excluding hydrogens is 430 g/mol. The topological polar surface area (TPSA) is 95.1 Å². The third-order valence-electron chi connectivity index (χ3n) is 6.03. The van der Waals surface area contributed by atoms with Gasteiger partial charge in [0.1, 0.15) is 0 Å². The van der Waals surface area contributed by atoms with Crippen LogP contribution in [0.4, 0.5) is 5.69 Å². The molecule has 1 atom stereocenters. The number of Topliss-reactive ketones (excluding diaryl/α,β-unsaturated/α-hetero) is 1. The average Bonchev–Trinajstić information content (AvgIpc) is 3.08. The fourth-order valence-corrected chi connectivity index (χ4v) is 5.55. The van der Waals surface area contributed by atoms with E-state index in [1.54, 1.807) is 48.5 Å². The molecule has 2 amide bonds. The fraction of sp³-hybridized carbons (Fsp3) is 0.348. The number of sulfonamides is 1. The van der Waals surface area contributed by atoms with Crippen LogP contribution in [0.15, 0.2) is 53.4 Å². The van der Waals surface area contributed by atoms with Gasteiger partial charge in [0.25, 0.3) is 5.91 Å². The molecule has 2 fully saturated rings. The van der Waals surface area contributed by atoms with E-state index in [0.717, 1.165) is 10.5 Å². The molecule has 9 heteroatoms. The predicted octanol–water partition coefficient (Wildman–Crippen LogP) is 1.84. The molecule has 0 bridgehead atoms. The second kappa shape index (κ2) is 8.57. The third kappa shape index (κ3) is 4.11. The summed E-state index contributed by atoms with van der Waals surface area (Å²) in [5.74, 6) is -0.710. The first-order valence-corrected chi connectivity index (χ1v) is 11.9. The van der Waals surface area contributed by atoms with E-state index in [9.17, 15) is 22.8 Å². The number of carbonyl (C=O) groups is 3. The van der Waals surface area contributed by atoms with Gasteiger partial charge in [0.15, 0.2) is 5.78 Å². The van der Waals surface area contributed by atoms with Crippen molar-refractivity contribution < 1.29 is 22.8 Å². The van der Waals surface area contributed by atoms with Gasteiger partial charge >= 0.3 is 0 Å². The first-order valence-electron chi connectivity index (χ1n) is 10.5. The van der Waals surface area contributed by atoms with Crippen molar-refractivity contribution in [3.8, 4) is 0 Å². The van der Waals surface area contributed by atoms with Crippen LogP contribution in [0.25, 0.3) is 0 Å². The zero-order chi connectivity index (χ0) is 23.0. The number of hydrogen-bond donors (Lipinski definition) is 0. The van der Waals surface area contributed by atoms with Crippen LogP contribution in [0, 0.1) is 6.92 Å². The quantitative estimate of drug-likeness (QED) is 0.504. The normalized spacial score (nSPS) is 20.7. The summed E-state index contributed by atoms with van der Waals surface area (Å²) in [6.07, 6.45) is 0.0536. The lowest BCUT2D eigenvalue weighted by Gasteiger charge is -2.36. The number of amides is 2. The number of imide groups is 1. The van der Waals surface area contributed by atoms with E-state index in [-0.39, 0.29) is 42.0 Å². The molecule has 2 heterocycles. The summed E-state index contributed by atoms with van der Waals surface area (Å²) in [5, 5.41) is 0. The van der Waals surface area contributed by atoms with Gasteiger partial charge < -0.3 is 0 Å². The first kappa shape index (κ1) is 22.3. The molecule has 0 saturated carbocycles. The lowest BCUT2D eigenvalue weighted by molar-refractivity contribution is -0.123. The summed E-state index contributed by atoms with van der Waals surface area (Å²) in [7, 11) is -3.60. The van der Waals surface area contributed by atoms with E-state index in [0.29, 0.717) is 24.3 Å². The Hall–Kier alpha value is -2.88. The van der Waals surface area contributed by atoms with Crippen molar-refractivity contribution in [3.05, 3.63) is 59.7 Å². The number of piperazine rings is 1. The van der Waals surface area contributed by atoms with Crippen molar-refractivity contribution in [2.75, 3.05) is 31.1 Å². The Bertz CT molecular complexity index is 1150. The van der Waals surface area contributed by atoms with Gasteiger partial charge in [-0.05, 0) is 50.2 Å². The maximum Gasteiger partial charge on any atom is 0.251 e. The molecule has 32 heavy (non-hydrogen) atoms. The summed E-state index contributed by atoms with van der Waals surface area (Å²) in [4.78, 5) is 40.4. The molecule has 0 N–H and O–H groups in total. The fourth-order valence-electron chi connectivity index (χ4n) is 4.13. The highest BCUT2D eigenvalue weighted by Gasteiger charge is 2.44. The molecule has 2 saturated heterocycles. The summed E-state index contributed by atoms with van der Waals surface area (Å²) < 4.78 is 27.2. The van der Waals surface area contributed by atoms with Crippen molar-refractivity contribution in [2.45, 2.75) is 31.2 Å². The number of rotatable bonds is 5. The molecule has 2 aromatic carbocycles. The lowest BCUT2D eigenvalue weighted by Crippen LogP contribution is -2.53. The molecule has 4 rings (SSSR count). The molecule has 1 unspecified atom stereocenters. The molecule has 168 valence electrons. The van der Waals surface area contributed by atoms with Crippen molar-refractivity contribution in [2.24, 2.45) is 0 Å². The summed E-state index contributed by atoms with van der Waals surface area (Å²) in [5.41, 5.74) is 1.93. The van der Waals surface area contributed by atoms with Crippen LogP contribution in [-0.4, -0.2) is 67.4 Å². The Kier molecular flexibility index (Phi) is 5.98. The van der Waals surface area contributed by atoms with Crippen LogP contribution in [0.2, 0.25) is 0 Å². The van der Waals surface area contributed by atoms with Gasteiger partial charge in [0, 0.05) is 31.7 Å². The van der Waals surface area contributed by atoms with Gasteiger partial charge in [-0.3, -0.25) is 19.3 Å².